The van der Waals surface area contributed by atoms with Crippen LogP contribution in [0.3, 0.4) is 0 Å². The Balaban J connectivity index is 2.71. The van der Waals surface area contributed by atoms with Crippen LogP contribution in [0.1, 0.15) is 17.8 Å². The number of nitrogens with one attached hydrogen (secondary N) is 1. The van der Waals surface area contributed by atoms with E-state index in [2.05, 4.69) is 22.0 Å². The fraction of sp³-hybridized carbons (Fsp3) is 0.375. The Morgan fingerprint density at radius 2 is 2.57 bits per heavy atom. The summed E-state index contributed by atoms with van der Waals surface area (Å²) < 4.78 is 4.79. The second kappa shape index (κ2) is 4.52. The van der Waals surface area contributed by atoms with Crippen molar-refractivity contribution in [3.05, 3.63) is 24.4 Å². The first kappa shape index (κ1) is 10.4. The molecular weight excluding hydrogens is 186 g/mol. The number of aliphatic hydroxyl groups is 1. The summed E-state index contributed by atoms with van der Waals surface area (Å²) in [5.74, 6) is 0.228. The van der Waals surface area contributed by atoms with Crippen LogP contribution >= 0.6 is 0 Å². The molecule has 0 radical (unpaired) electrons. The van der Waals surface area contributed by atoms with Gasteiger partial charge in [0.15, 0.2) is 5.82 Å². The molecule has 0 unspecified atom stereocenters. The van der Waals surface area contributed by atoms with Crippen molar-refractivity contribution < 1.29 is 14.4 Å². The zero-order chi connectivity index (χ0) is 10.6. The van der Waals surface area contributed by atoms with Gasteiger partial charge in [-0.1, -0.05) is 11.7 Å². The summed E-state index contributed by atoms with van der Waals surface area (Å²) >= 11 is 0. The fourth-order valence-corrected chi connectivity index (χ4v) is 0.871. The molecule has 0 aliphatic carbocycles. The highest BCUT2D eigenvalue weighted by Gasteiger charge is 2.18. The molecule has 6 heteroatoms. The average Bonchev–Trinajstić information content (AvgIpc) is 2.60. The Kier molecular flexibility index (Phi) is 3.35. The van der Waals surface area contributed by atoms with E-state index in [1.807, 2.05) is 0 Å². The van der Waals surface area contributed by atoms with Crippen molar-refractivity contribution in [3.63, 3.8) is 0 Å². The first-order valence-corrected chi connectivity index (χ1v) is 4.01. The molecule has 0 aliphatic rings. The minimum Gasteiger partial charge on any atom is -0.394 e. The van der Waals surface area contributed by atoms with Crippen LogP contribution in [-0.2, 0) is 4.79 Å². The van der Waals surface area contributed by atoms with Crippen molar-refractivity contribution in [1.82, 2.24) is 15.5 Å². The van der Waals surface area contributed by atoms with Gasteiger partial charge in [-0.2, -0.15) is 4.98 Å². The van der Waals surface area contributed by atoms with Gasteiger partial charge in [0.1, 0.15) is 6.04 Å². The smallest absolute Gasteiger partial charge is 0.251 e. The second-order valence-electron chi connectivity index (χ2n) is 2.63. The van der Waals surface area contributed by atoms with Gasteiger partial charge in [-0.15, -0.1) is 0 Å². The molecule has 0 spiro atoms. The molecule has 0 fully saturated rings. The van der Waals surface area contributed by atoms with Crippen LogP contribution in [0.5, 0.6) is 0 Å². The third-order valence-corrected chi connectivity index (χ3v) is 1.53. The zero-order valence-electron chi connectivity index (χ0n) is 7.73. The Morgan fingerprint density at radius 3 is 3.00 bits per heavy atom. The number of hydrogen-bond donors (Lipinski definition) is 2. The molecule has 0 saturated heterocycles. The van der Waals surface area contributed by atoms with Crippen molar-refractivity contribution in [2.24, 2.45) is 0 Å². The number of carbonyl (C=O) groups excluding carboxylic acids is 1. The second-order valence-corrected chi connectivity index (χ2v) is 2.63. The minimum atomic E-state index is -0.679. The van der Waals surface area contributed by atoms with E-state index < -0.39 is 11.9 Å². The summed E-state index contributed by atoms with van der Waals surface area (Å²) in [5, 5.41) is 14.9. The number of rotatable bonds is 4. The summed E-state index contributed by atoms with van der Waals surface area (Å²) in [6, 6.07) is -0.679. The zero-order valence-corrected chi connectivity index (χ0v) is 7.73. The van der Waals surface area contributed by atoms with Crippen LogP contribution < -0.4 is 5.32 Å². The average molecular weight is 197 g/mol. The summed E-state index contributed by atoms with van der Waals surface area (Å²) in [6.45, 7) is 4.63. The van der Waals surface area contributed by atoms with Crippen LogP contribution in [0.4, 0.5) is 0 Å². The number of hydrogen-bond acceptors (Lipinski definition) is 5. The van der Waals surface area contributed by atoms with E-state index >= 15 is 0 Å². The molecule has 0 aliphatic heterocycles. The third kappa shape index (κ3) is 2.40. The van der Waals surface area contributed by atoms with Crippen molar-refractivity contribution in [2.75, 3.05) is 6.61 Å². The molecule has 1 aromatic rings. The largest absolute Gasteiger partial charge is 0.394 e. The molecule has 0 bridgehead atoms. The summed E-state index contributed by atoms with van der Waals surface area (Å²) in [7, 11) is 0. The first-order valence-electron chi connectivity index (χ1n) is 4.01. The van der Waals surface area contributed by atoms with E-state index in [4.69, 9.17) is 9.63 Å². The van der Waals surface area contributed by atoms with Gasteiger partial charge in [0, 0.05) is 0 Å². The van der Waals surface area contributed by atoms with Crippen LogP contribution in [0, 0.1) is 6.92 Å². The molecule has 1 heterocycles. The Hall–Kier alpha value is -1.69. The maximum absolute atomic E-state index is 10.9. The van der Waals surface area contributed by atoms with Crippen LogP contribution in [0.2, 0.25) is 0 Å². The SMILES string of the molecule is C=CC(=O)N[C@@H](CO)c1nc(C)no1. The highest BCUT2D eigenvalue weighted by atomic mass is 16.5. The molecule has 1 aromatic heterocycles. The number of aryl methyl sites for hydroxylation is 1. The number of carbonyl (C=O) groups is 1. The lowest BCUT2D eigenvalue weighted by Crippen LogP contribution is -2.29. The molecule has 1 rings (SSSR count). The molecule has 1 atom stereocenters. The van der Waals surface area contributed by atoms with Gasteiger partial charge in [0.2, 0.25) is 5.91 Å². The number of aromatic nitrogens is 2. The van der Waals surface area contributed by atoms with Gasteiger partial charge in [-0.05, 0) is 13.0 Å². The standard InChI is InChI=1S/C8H11N3O3/c1-3-7(13)10-6(4-12)8-9-5(2)11-14-8/h3,6,12H,1,4H2,2H3,(H,10,13)/t6-/m0/s1. The van der Waals surface area contributed by atoms with E-state index in [9.17, 15) is 4.79 Å². The van der Waals surface area contributed by atoms with Gasteiger partial charge in [-0.3, -0.25) is 4.79 Å². The summed E-state index contributed by atoms with van der Waals surface area (Å²) in [5.41, 5.74) is 0. The molecule has 76 valence electrons. The van der Waals surface area contributed by atoms with Gasteiger partial charge in [0.25, 0.3) is 5.89 Å². The van der Waals surface area contributed by atoms with Crippen molar-refractivity contribution >= 4 is 5.91 Å². The fourth-order valence-electron chi connectivity index (χ4n) is 0.871. The predicted octanol–water partition coefficient (Wildman–Crippen LogP) is -0.286. The number of nitrogens with zero attached hydrogens (tertiary/aromatic N) is 2. The lowest BCUT2D eigenvalue weighted by atomic mass is 10.3. The monoisotopic (exact) mass is 197 g/mol. The highest BCUT2D eigenvalue weighted by Crippen LogP contribution is 2.08. The lowest BCUT2D eigenvalue weighted by molar-refractivity contribution is -0.117. The third-order valence-electron chi connectivity index (χ3n) is 1.53. The summed E-state index contributed by atoms with van der Waals surface area (Å²) in [4.78, 5) is 14.8. The maximum atomic E-state index is 10.9. The van der Waals surface area contributed by atoms with Gasteiger partial charge >= 0.3 is 0 Å². The van der Waals surface area contributed by atoms with E-state index in [1.54, 1.807) is 6.92 Å². The number of amides is 1. The normalized spacial score (nSPS) is 12.1. The Labute approximate surface area is 80.6 Å². The van der Waals surface area contributed by atoms with E-state index in [0.717, 1.165) is 6.08 Å². The van der Waals surface area contributed by atoms with Crippen molar-refractivity contribution in [1.29, 1.82) is 0 Å². The van der Waals surface area contributed by atoms with Gasteiger partial charge < -0.3 is 14.9 Å². The Bertz CT molecular complexity index is 334. The molecule has 14 heavy (non-hydrogen) atoms. The number of aliphatic hydroxyl groups excluding tert-OH is 1. The topological polar surface area (TPSA) is 88.2 Å². The van der Waals surface area contributed by atoms with E-state index in [0.29, 0.717) is 5.82 Å². The summed E-state index contributed by atoms with van der Waals surface area (Å²) in [6.07, 6.45) is 1.10. The van der Waals surface area contributed by atoms with Crippen molar-refractivity contribution in [2.45, 2.75) is 13.0 Å². The highest BCUT2D eigenvalue weighted by molar-refractivity contribution is 5.87. The maximum Gasteiger partial charge on any atom is 0.251 e. The molecule has 6 nitrogen and oxygen atoms in total. The van der Waals surface area contributed by atoms with Crippen molar-refractivity contribution in [3.8, 4) is 0 Å². The van der Waals surface area contributed by atoms with Gasteiger partial charge in [0.05, 0.1) is 6.61 Å². The lowest BCUT2D eigenvalue weighted by Gasteiger charge is -2.09. The molecule has 2 N–H and O–H groups in total. The minimum absolute atomic E-state index is 0.181. The van der Waals surface area contributed by atoms with Gasteiger partial charge in [-0.25, -0.2) is 0 Å². The molecule has 1 amide bonds. The molecule has 0 aromatic carbocycles. The van der Waals surface area contributed by atoms with Crippen LogP contribution in [0.25, 0.3) is 0 Å². The Morgan fingerprint density at radius 1 is 1.86 bits per heavy atom. The molecular formula is C8H11N3O3. The van der Waals surface area contributed by atoms with E-state index in [-0.39, 0.29) is 12.5 Å². The quantitative estimate of drug-likeness (QED) is 0.648. The molecule has 0 saturated carbocycles. The predicted molar refractivity (Wildman–Crippen MR) is 47.2 cm³/mol. The first-order chi connectivity index (χ1) is 6.67. The van der Waals surface area contributed by atoms with Crippen LogP contribution in [0.15, 0.2) is 17.2 Å². The van der Waals surface area contributed by atoms with Crippen LogP contribution in [-0.4, -0.2) is 27.8 Å². The van der Waals surface area contributed by atoms with E-state index in [1.165, 1.54) is 0 Å².